The quantitative estimate of drug-likeness (QED) is 0.633. The Hall–Kier alpha value is -3.08. The summed E-state index contributed by atoms with van der Waals surface area (Å²) in [5.74, 6) is -0.113. The first kappa shape index (κ1) is 18.0. The molecule has 1 fully saturated rings. The summed E-state index contributed by atoms with van der Waals surface area (Å²) < 4.78 is 0. The van der Waals surface area contributed by atoms with Gasteiger partial charge in [-0.15, -0.1) is 0 Å². The minimum absolute atomic E-state index is 0.0950. The molecular weight excluding hydrogens is 362 g/mol. The van der Waals surface area contributed by atoms with Gasteiger partial charge in [-0.1, -0.05) is 50.1 Å². The summed E-state index contributed by atoms with van der Waals surface area (Å²) in [5, 5.41) is 1.16. The Kier molecular flexibility index (Phi) is 4.19. The number of hydrogen-bond acceptors (Lipinski definition) is 2. The van der Waals surface area contributed by atoms with Crippen molar-refractivity contribution in [1.29, 1.82) is 0 Å². The molecule has 1 saturated heterocycles. The summed E-state index contributed by atoms with van der Waals surface area (Å²) in [4.78, 5) is 33.7. The van der Waals surface area contributed by atoms with E-state index in [-0.39, 0.29) is 18.0 Å². The van der Waals surface area contributed by atoms with Crippen molar-refractivity contribution in [2.24, 2.45) is 0 Å². The van der Waals surface area contributed by atoms with E-state index in [1.807, 2.05) is 48.2 Å². The van der Waals surface area contributed by atoms with Gasteiger partial charge in [0.2, 0.25) is 0 Å². The lowest BCUT2D eigenvalue weighted by Gasteiger charge is -2.35. The Morgan fingerprint density at radius 3 is 2.72 bits per heavy atom. The zero-order valence-electron chi connectivity index (χ0n) is 16.8. The number of hydrogen-bond donors (Lipinski definition) is 1. The lowest BCUT2D eigenvalue weighted by Crippen LogP contribution is -2.43. The summed E-state index contributed by atoms with van der Waals surface area (Å²) in [6, 6.07) is 15.1. The number of amides is 3. The second-order valence-electron chi connectivity index (χ2n) is 8.14. The molecule has 0 saturated carbocycles. The number of carbonyl (C=O) groups excluding carboxylic acids is 2. The van der Waals surface area contributed by atoms with E-state index < -0.39 is 6.04 Å². The van der Waals surface area contributed by atoms with Crippen LogP contribution >= 0.6 is 0 Å². The topological polar surface area (TPSA) is 56.4 Å². The van der Waals surface area contributed by atoms with Crippen LogP contribution in [0.2, 0.25) is 0 Å². The second-order valence-corrected chi connectivity index (χ2v) is 8.14. The largest absolute Gasteiger partial charge is 0.356 e. The van der Waals surface area contributed by atoms with Crippen molar-refractivity contribution in [3.8, 4) is 0 Å². The number of aryl methyl sites for hydroxylation is 1. The van der Waals surface area contributed by atoms with Crippen LogP contribution in [0.25, 0.3) is 10.9 Å². The maximum atomic E-state index is 13.5. The number of aromatic amines is 1. The smallest absolute Gasteiger partial charge is 0.332 e. The van der Waals surface area contributed by atoms with E-state index in [1.54, 1.807) is 0 Å². The van der Waals surface area contributed by atoms with E-state index in [2.05, 4.69) is 24.0 Å². The zero-order chi connectivity index (χ0) is 20.1. The molecule has 2 aromatic carbocycles. The number of para-hydroxylation sites is 1. The SMILES string of the molecule is CCCC[C@@H]1c2[nH]c3ccccc3c2C[C@@H]2C(=O)N(c3cccc(C)c3)C(=O)N21. The first-order valence-electron chi connectivity index (χ1n) is 10.4. The summed E-state index contributed by atoms with van der Waals surface area (Å²) in [6.07, 6.45) is 3.48. The molecule has 0 unspecified atom stereocenters. The molecule has 5 heteroatoms. The maximum absolute atomic E-state index is 13.5. The van der Waals surface area contributed by atoms with Gasteiger partial charge in [0.05, 0.1) is 11.7 Å². The number of rotatable bonds is 4. The fraction of sp³-hybridized carbons (Fsp3) is 0.333. The molecule has 29 heavy (non-hydrogen) atoms. The molecule has 3 amide bonds. The van der Waals surface area contributed by atoms with E-state index >= 15 is 0 Å². The van der Waals surface area contributed by atoms with Gasteiger partial charge in [-0.25, -0.2) is 9.69 Å². The van der Waals surface area contributed by atoms with Gasteiger partial charge in [-0.05, 0) is 42.7 Å². The second kappa shape index (κ2) is 6.76. The van der Waals surface area contributed by atoms with Crippen LogP contribution in [0.1, 0.15) is 49.0 Å². The fourth-order valence-electron chi connectivity index (χ4n) is 4.89. The van der Waals surface area contributed by atoms with Gasteiger partial charge in [0.25, 0.3) is 5.91 Å². The number of nitrogens with zero attached hydrogens (tertiary/aromatic N) is 2. The molecule has 1 N–H and O–H groups in total. The number of carbonyl (C=O) groups is 2. The third-order valence-corrected chi connectivity index (χ3v) is 6.26. The molecule has 0 radical (unpaired) electrons. The van der Waals surface area contributed by atoms with Crippen molar-refractivity contribution in [1.82, 2.24) is 9.88 Å². The van der Waals surface area contributed by atoms with Gasteiger partial charge in [-0.3, -0.25) is 4.79 Å². The van der Waals surface area contributed by atoms with E-state index in [1.165, 1.54) is 10.5 Å². The van der Waals surface area contributed by atoms with Crippen molar-refractivity contribution >= 4 is 28.5 Å². The number of aromatic nitrogens is 1. The van der Waals surface area contributed by atoms with Crippen LogP contribution in [-0.2, 0) is 11.2 Å². The predicted octanol–water partition coefficient (Wildman–Crippen LogP) is 5.10. The maximum Gasteiger partial charge on any atom is 0.332 e. The van der Waals surface area contributed by atoms with Crippen LogP contribution in [-0.4, -0.2) is 27.9 Å². The molecule has 0 bridgehead atoms. The Labute approximate surface area is 170 Å². The molecule has 5 rings (SSSR count). The number of H-pyrrole nitrogens is 1. The number of anilines is 1. The van der Waals surface area contributed by atoms with E-state index in [9.17, 15) is 9.59 Å². The Morgan fingerprint density at radius 1 is 1.10 bits per heavy atom. The number of unbranched alkanes of at least 4 members (excludes halogenated alkanes) is 1. The molecule has 3 heterocycles. The number of imide groups is 1. The van der Waals surface area contributed by atoms with Crippen LogP contribution < -0.4 is 4.90 Å². The third-order valence-electron chi connectivity index (χ3n) is 6.26. The standard InChI is InChI=1S/C24H25N3O2/c1-3-4-12-20-22-18(17-10-5-6-11-19(17)25-22)14-21-23(28)26(24(29)27(20)21)16-9-7-8-15(2)13-16/h5-11,13,20-21,25H,3-4,12,14H2,1-2H3/t20-,21-/m1/s1. The molecule has 3 aromatic rings. The van der Waals surface area contributed by atoms with Crippen LogP contribution in [0.4, 0.5) is 10.5 Å². The van der Waals surface area contributed by atoms with Crippen LogP contribution in [0.5, 0.6) is 0 Å². The van der Waals surface area contributed by atoms with Crippen molar-refractivity contribution in [2.45, 2.75) is 51.6 Å². The van der Waals surface area contributed by atoms with Crippen LogP contribution in [0.15, 0.2) is 48.5 Å². The summed E-state index contributed by atoms with van der Waals surface area (Å²) >= 11 is 0. The van der Waals surface area contributed by atoms with Crippen LogP contribution in [0.3, 0.4) is 0 Å². The van der Waals surface area contributed by atoms with Gasteiger partial charge in [0, 0.05) is 23.0 Å². The zero-order valence-corrected chi connectivity index (χ0v) is 16.8. The van der Waals surface area contributed by atoms with Gasteiger partial charge in [-0.2, -0.15) is 0 Å². The molecule has 2 atom stereocenters. The monoisotopic (exact) mass is 387 g/mol. The number of fused-ring (bicyclic) bond motifs is 4. The summed E-state index contributed by atoms with van der Waals surface area (Å²) in [6.45, 7) is 4.13. The fourth-order valence-corrected chi connectivity index (χ4v) is 4.89. The summed E-state index contributed by atoms with van der Waals surface area (Å²) in [5.41, 5.74) is 5.07. The lowest BCUT2D eigenvalue weighted by atomic mass is 9.90. The highest BCUT2D eigenvalue weighted by Crippen LogP contribution is 2.43. The highest BCUT2D eigenvalue weighted by Gasteiger charge is 2.52. The molecule has 2 aliphatic heterocycles. The Balaban J connectivity index is 1.62. The molecule has 0 spiro atoms. The van der Waals surface area contributed by atoms with E-state index in [0.29, 0.717) is 12.1 Å². The van der Waals surface area contributed by atoms with Gasteiger partial charge >= 0.3 is 6.03 Å². The number of benzene rings is 2. The van der Waals surface area contributed by atoms with E-state index in [0.717, 1.165) is 41.4 Å². The first-order chi connectivity index (χ1) is 14.1. The van der Waals surface area contributed by atoms with Crippen LogP contribution in [0, 0.1) is 6.92 Å². The average Bonchev–Trinajstić information content (AvgIpc) is 3.21. The van der Waals surface area contributed by atoms with Gasteiger partial charge in [0.15, 0.2) is 0 Å². The van der Waals surface area contributed by atoms with Gasteiger partial charge in [0.1, 0.15) is 6.04 Å². The lowest BCUT2D eigenvalue weighted by molar-refractivity contribution is -0.120. The van der Waals surface area contributed by atoms with Crippen molar-refractivity contribution in [3.63, 3.8) is 0 Å². The molecule has 5 nitrogen and oxygen atoms in total. The molecule has 148 valence electrons. The normalized spacial score (nSPS) is 21.0. The van der Waals surface area contributed by atoms with E-state index in [4.69, 9.17) is 0 Å². The highest BCUT2D eigenvalue weighted by atomic mass is 16.2. The van der Waals surface area contributed by atoms with Crippen molar-refractivity contribution in [2.75, 3.05) is 4.90 Å². The molecular formula is C24H25N3O2. The van der Waals surface area contributed by atoms with Crippen molar-refractivity contribution in [3.05, 3.63) is 65.4 Å². The Bertz CT molecular complexity index is 1120. The minimum Gasteiger partial charge on any atom is -0.356 e. The molecule has 0 aliphatic carbocycles. The molecule has 1 aromatic heterocycles. The minimum atomic E-state index is -0.434. The van der Waals surface area contributed by atoms with Gasteiger partial charge < -0.3 is 9.88 Å². The highest BCUT2D eigenvalue weighted by molar-refractivity contribution is 6.21. The number of urea groups is 1. The Morgan fingerprint density at radius 2 is 1.93 bits per heavy atom. The predicted molar refractivity (Wildman–Crippen MR) is 114 cm³/mol. The van der Waals surface area contributed by atoms with Crippen molar-refractivity contribution < 1.29 is 9.59 Å². The average molecular weight is 387 g/mol. The summed E-state index contributed by atoms with van der Waals surface area (Å²) in [7, 11) is 0. The number of nitrogens with one attached hydrogen (secondary N) is 1. The first-order valence-corrected chi connectivity index (χ1v) is 10.4. The molecule has 2 aliphatic rings. The third kappa shape index (κ3) is 2.68.